The van der Waals surface area contributed by atoms with Gasteiger partial charge in [0.25, 0.3) is 0 Å². The van der Waals surface area contributed by atoms with Crippen LogP contribution in [-0.2, 0) is 4.79 Å². The number of hydrogen-bond acceptors (Lipinski definition) is 4. The predicted molar refractivity (Wildman–Crippen MR) is 110 cm³/mol. The van der Waals surface area contributed by atoms with E-state index in [9.17, 15) is 20.1 Å². The summed E-state index contributed by atoms with van der Waals surface area (Å²) in [5.74, 6) is -1.59. The highest BCUT2D eigenvalue weighted by atomic mass is 16.4. The lowest BCUT2D eigenvalue weighted by Gasteiger charge is -2.63. The van der Waals surface area contributed by atoms with Crippen molar-refractivity contribution in [2.24, 2.45) is 46.3 Å². The molecule has 4 aliphatic rings. The van der Waals surface area contributed by atoms with Crippen molar-refractivity contribution in [2.75, 3.05) is 0 Å². The van der Waals surface area contributed by atoms with Crippen molar-refractivity contribution >= 4 is 5.97 Å². The van der Waals surface area contributed by atoms with Gasteiger partial charge < -0.3 is 20.4 Å². The van der Waals surface area contributed by atoms with Crippen LogP contribution in [0.25, 0.3) is 0 Å². The predicted octanol–water partition coefficient (Wildman–Crippen LogP) is 3.45. The fraction of sp³-hybridized carbons (Fsp3) is 0.958. The van der Waals surface area contributed by atoms with Gasteiger partial charge in [0.1, 0.15) is 0 Å². The standard InChI is InChI=1S/C24H40O5/c1-13(4-7-19(26)27)15-5-6-16-20-17(9-11-23(15,16)2)24(3)10-8-14(25)12-18(24)21(28)22(20)29/h13-18,20-22,25,28-29H,4-12H2,1-3H3,(H,26,27)/t13-,14-,15-,16+,17+,18+,20+,21-,22+,23-,24-/m1/s1/i8D2,12D2. The van der Waals surface area contributed by atoms with Crippen molar-refractivity contribution in [1.82, 2.24) is 0 Å². The molecule has 4 N–H and O–H groups in total. The number of aliphatic hydroxyl groups is 3. The van der Waals surface area contributed by atoms with E-state index in [1.165, 1.54) is 0 Å². The summed E-state index contributed by atoms with van der Waals surface area (Å²) in [6.07, 6.45) is -4.75. The topological polar surface area (TPSA) is 98.0 Å². The molecule has 4 rings (SSSR count). The van der Waals surface area contributed by atoms with Gasteiger partial charge in [0, 0.05) is 11.9 Å². The molecular formula is C24H40O5. The molecule has 4 saturated carbocycles. The number of carboxylic acid groups (broad SMARTS) is 1. The Bertz CT molecular complexity index is 793. The van der Waals surface area contributed by atoms with Gasteiger partial charge in [-0.3, -0.25) is 4.79 Å². The average molecular weight is 413 g/mol. The van der Waals surface area contributed by atoms with E-state index >= 15 is 0 Å². The molecule has 0 heterocycles. The minimum absolute atomic E-state index is 0.0435. The lowest BCUT2D eigenvalue weighted by molar-refractivity contribution is -0.223. The first-order valence-corrected chi connectivity index (χ1v) is 11.3. The molecule has 0 unspecified atom stereocenters. The van der Waals surface area contributed by atoms with Crippen LogP contribution >= 0.6 is 0 Å². The molecule has 4 fully saturated rings. The minimum Gasteiger partial charge on any atom is -0.481 e. The van der Waals surface area contributed by atoms with E-state index in [2.05, 4.69) is 13.8 Å². The van der Waals surface area contributed by atoms with Crippen LogP contribution in [0, 0.1) is 46.3 Å². The normalized spacial score (nSPS) is 58.4. The number of rotatable bonds is 4. The summed E-state index contributed by atoms with van der Waals surface area (Å²) in [6.45, 7) is 6.21. The SMILES string of the molecule is [2H]C1([2H])C[C@@]2(C)[C@H]([C@@H](O)[C@@H](O)[C@@H]3[C@@H]2CC[C@]2(C)[C@@H]([C@H](C)CCC(=O)O)CC[C@@H]32)C([2H])([2H])[C@@H]1O. The molecule has 0 amide bonds. The Hall–Kier alpha value is -0.650. The van der Waals surface area contributed by atoms with Gasteiger partial charge in [0.15, 0.2) is 0 Å². The Morgan fingerprint density at radius 1 is 1.03 bits per heavy atom. The second kappa shape index (κ2) is 7.49. The third-order valence-corrected chi connectivity index (χ3v) is 9.56. The van der Waals surface area contributed by atoms with Crippen molar-refractivity contribution in [2.45, 2.75) is 96.8 Å². The van der Waals surface area contributed by atoms with Gasteiger partial charge in [0.2, 0.25) is 0 Å². The Morgan fingerprint density at radius 3 is 2.41 bits per heavy atom. The van der Waals surface area contributed by atoms with Gasteiger partial charge >= 0.3 is 5.97 Å². The summed E-state index contributed by atoms with van der Waals surface area (Å²) in [7, 11) is 0. The van der Waals surface area contributed by atoms with Crippen LogP contribution < -0.4 is 0 Å². The van der Waals surface area contributed by atoms with Crippen molar-refractivity contribution in [3.63, 3.8) is 0 Å². The van der Waals surface area contributed by atoms with Crippen LogP contribution in [-0.4, -0.2) is 44.7 Å². The molecule has 0 aromatic carbocycles. The van der Waals surface area contributed by atoms with E-state index < -0.39 is 48.4 Å². The van der Waals surface area contributed by atoms with E-state index in [0.29, 0.717) is 18.8 Å². The lowest BCUT2D eigenvalue weighted by Crippen LogP contribution is -2.64. The molecule has 0 bridgehead atoms. The van der Waals surface area contributed by atoms with Crippen molar-refractivity contribution < 1.29 is 30.7 Å². The van der Waals surface area contributed by atoms with Crippen LogP contribution in [0.2, 0.25) is 0 Å². The third-order valence-electron chi connectivity index (χ3n) is 9.56. The summed E-state index contributed by atoms with van der Waals surface area (Å²) < 4.78 is 33.9. The number of carbonyl (C=O) groups is 1. The zero-order chi connectivity index (χ0) is 24.7. The maximum Gasteiger partial charge on any atom is 0.303 e. The Labute approximate surface area is 180 Å². The van der Waals surface area contributed by atoms with Crippen LogP contribution in [0.5, 0.6) is 0 Å². The first-order chi connectivity index (χ1) is 15.1. The van der Waals surface area contributed by atoms with E-state index in [1.807, 2.05) is 6.92 Å². The average Bonchev–Trinajstić information content (AvgIpc) is 3.05. The third kappa shape index (κ3) is 3.27. The van der Waals surface area contributed by atoms with E-state index in [0.717, 1.165) is 19.3 Å². The molecule has 5 heteroatoms. The molecule has 0 spiro atoms. The van der Waals surface area contributed by atoms with E-state index in [1.54, 1.807) is 0 Å². The quantitative estimate of drug-likeness (QED) is 0.567. The van der Waals surface area contributed by atoms with Gasteiger partial charge in [-0.25, -0.2) is 0 Å². The summed E-state index contributed by atoms with van der Waals surface area (Å²) >= 11 is 0. The van der Waals surface area contributed by atoms with E-state index in [4.69, 9.17) is 10.6 Å². The maximum absolute atomic E-state index is 11.4. The molecule has 0 radical (unpaired) electrons. The Kier molecular flexibility index (Phi) is 4.38. The molecule has 0 aromatic rings. The number of aliphatic hydroxyl groups excluding tert-OH is 3. The largest absolute Gasteiger partial charge is 0.481 e. The molecule has 29 heavy (non-hydrogen) atoms. The van der Waals surface area contributed by atoms with Crippen LogP contribution in [0.15, 0.2) is 0 Å². The minimum atomic E-state index is -2.35. The summed E-state index contributed by atoms with van der Waals surface area (Å²) in [5, 5.41) is 42.2. The molecule has 0 saturated heterocycles. The fourth-order valence-electron chi connectivity index (χ4n) is 8.09. The smallest absolute Gasteiger partial charge is 0.303 e. The molecular weight excluding hydrogens is 368 g/mol. The molecule has 5 nitrogen and oxygen atoms in total. The van der Waals surface area contributed by atoms with Gasteiger partial charge in [-0.1, -0.05) is 20.8 Å². The highest BCUT2D eigenvalue weighted by molar-refractivity contribution is 5.66. The first-order valence-electron chi connectivity index (χ1n) is 13.3. The van der Waals surface area contributed by atoms with Gasteiger partial charge in [-0.2, -0.15) is 0 Å². The molecule has 0 aliphatic heterocycles. The highest BCUT2D eigenvalue weighted by Crippen LogP contribution is 2.68. The number of hydrogen-bond donors (Lipinski definition) is 4. The second-order valence-electron chi connectivity index (χ2n) is 10.8. The Balaban J connectivity index is 1.68. The number of aliphatic carboxylic acids is 1. The number of carboxylic acids is 1. The summed E-state index contributed by atoms with van der Waals surface area (Å²) in [4.78, 5) is 11.1. The fourth-order valence-corrected chi connectivity index (χ4v) is 8.09. The van der Waals surface area contributed by atoms with Crippen LogP contribution in [0.3, 0.4) is 0 Å². The first kappa shape index (κ1) is 17.0. The van der Waals surface area contributed by atoms with Crippen molar-refractivity contribution in [3.8, 4) is 0 Å². The van der Waals surface area contributed by atoms with Crippen LogP contribution in [0.4, 0.5) is 0 Å². The second-order valence-corrected chi connectivity index (χ2v) is 10.8. The highest BCUT2D eigenvalue weighted by Gasteiger charge is 2.65. The molecule has 166 valence electrons. The molecule has 0 aromatic heterocycles. The van der Waals surface area contributed by atoms with Crippen LogP contribution in [0.1, 0.15) is 83.9 Å². The van der Waals surface area contributed by atoms with Gasteiger partial charge in [0.05, 0.1) is 18.3 Å². The summed E-state index contributed by atoms with van der Waals surface area (Å²) in [5.41, 5.74) is -0.987. The van der Waals surface area contributed by atoms with Gasteiger partial charge in [-0.05, 0) is 97.6 Å². The number of fused-ring (bicyclic) bond motifs is 5. The zero-order valence-electron chi connectivity index (χ0n) is 21.8. The van der Waals surface area contributed by atoms with E-state index in [-0.39, 0.29) is 41.9 Å². The molecule has 4 aliphatic carbocycles. The van der Waals surface area contributed by atoms with Crippen molar-refractivity contribution in [1.29, 1.82) is 0 Å². The lowest BCUT2D eigenvalue weighted by atomic mass is 9.43. The maximum atomic E-state index is 11.4. The summed E-state index contributed by atoms with van der Waals surface area (Å²) in [6, 6.07) is 0. The van der Waals surface area contributed by atoms with Crippen molar-refractivity contribution in [3.05, 3.63) is 0 Å². The monoisotopic (exact) mass is 412 g/mol. The molecule has 11 atom stereocenters. The zero-order valence-corrected chi connectivity index (χ0v) is 17.8. The van der Waals surface area contributed by atoms with Gasteiger partial charge in [-0.15, -0.1) is 0 Å². The Morgan fingerprint density at radius 2 is 1.72 bits per heavy atom.